The van der Waals surface area contributed by atoms with Gasteiger partial charge in [-0.05, 0) is 5.92 Å². The molecular weight excluding hydrogens is 307 g/mol. The molecular formula is C14H23La-. The smallest absolute Gasteiger partial charge is 0 e. The van der Waals surface area contributed by atoms with E-state index >= 15 is 0 Å². The van der Waals surface area contributed by atoms with Gasteiger partial charge in [0.25, 0.3) is 0 Å². The first-order chi connectivity index (χ1) is 6.45. The summed E-state index contributed by atoms with van der Waals surface area (Å²) in [6, 6.07) is 0. The fourth-order valence-corrected chi connectivity index (χ4v) is 2.27. The maximum absolute atomic E-state index is 3.56. The minimum atomic E-state index is 0. The Hall–Kier alpha value is 0.675. The standard InChI is InChI=1S/C14H23.La/c1-9(2)12-7-8-13(10(3)4)14(12)11(5)6;/h9-11H,7H2,1-6H3;/q-1;. The monoisotopic (exact) mass is 330 g/mol. The molecule has 1 rings (SSSR count). The van der Waals surface area contributed by atoms with Crippen LogP contribution in [0.1, 0.15) is 48.0 Å². The molecule has 0 unspecified atom stereocenters. The summed E-state index contributed by atoms with van der Waals surface area (Å²) in [4.78, 5) is 0. The molecule has 0 aromatic heterocycles. The van der Waals surface area contributed by atoms with E-state index in [0.29, 0.717) is 17.8 Å². The zero-order valence-corrected chi connectivity index (χ0v) is 14.6. The van der Waals surface area contributed by atoms with Crippen LogP contribution in [-0.2, 0) is 0 Å². The molecule has 0 aliphatic heterocycles. The van der Waals surface area contributed by atoms with E-state index in [1.807, 2.05) is 0 Å². The average Bonchev–Trinajstić information content (AvgIpc) is 2.46. The van der Waals surface area contributed by atoms with Crippen LogP contribution in [0.25, 0.3) is 0 Å². The first-order valence-electron chi connectivity index (χ1n) is 5.79. The van der Waals surface area contributed by atoms with Crippen LogP contribution in [-0.4, -0.2) is 0 Å². The number of rotatable bonds is 3. The topological polar surface area (TPSA) is 0 Å². The third-order valence-corrected chi connectivity index (χ3v) is 2.96. The van der Waals surface area contributed by atoms with Crippen LogP contribution in [0.3, 0.4) is 0 Å². The van der Waals surface area contributed by atoms with Gasteiger partial charge in [-0.1, -0.05) is 53.4 Å². The molecule has 15 heavy (non-hydrogen) atoms. The third-order valence-electron chi connectivity index (χ3n) is 2.96. The Morgan fingerprint density at radius 3 is 1.73 bits per heavy atom. The van der Waals surface area contributed by atoms with E-state index in [2.05, 4.69) is 47.6 Å². The van der Waals surface area contributed by atoms with Gasteiger partial charge in [0.1, 0.15) is 0 Å². The summed E-state index contributed by atoms with van der Waals surface area (Å²) in [5.74, 6) is 1.96. The predicted molar refractivity (Wildman–Crippen MR) is 62.9 cm³/mol. The minimum Gasteiger partial charge on any atom is -0.269 e. The fraction of sp³-hybridized carbons (Fsp3) is 0.714. The maximum Gasteiger partial charge on any atom is 0 e. The van der Waals surface area contributed by atoms with Crippen molar-refractivity contribution in [1.82, 2.24) is 0 Å². The van der Waals surface area contributed by atoms with Crippen molar-refractivity contribution in [1.29, 1.82) is 0 Å². The summed E-state index contributed by atoms with van der Waals surface area (Å²) < 4.78 is 0. The second kappa shape index (κ2) is 6.42. The summed E-state index contributed by atoms with van der Waals surface area (Å²) in [7, 11) is 0. The van der Waals surface area contributed by atoms with Gasteiger partial charge in [0.2, 0.25) is 0 Å². The van der Waals surface area contributed by atoms with E-state index in [1.165, 1.54) is 5.57 Å². The summed E-state index contributed by atoms with van der Waals surface area (Å²) in [6.07, 6.45) is 4.63. The van der Waals surface area contributed by atoms with Crippen molar-refractivity contribution < 1.29 is 35.6 Å². The molecule has 0 aromatic rings. The molecule has 0 aromatic carbocycles. The Morgan fingerprint density at radius 2 is 1.40 bits per heavy atom. The van der Waals surface area contributed by atoms with Crippen molar-refractivity contribution >= 4 is 0 Å². The summed E-state index contributed by atoms with van der Waals surface area (Å²) in [6.45, 7) is 13.7. The second-order valence-corrected chi connectivity index (χ2v) is 5.17. The van der Waals surface area contributed by atoms with Gasteiger partial charge >= 0.3 is 0 Å². The van der Waals surface area contributed by atoms with Crippen LogP contribution in [0.5, 0.6) is 0 Å². The molecule has 0 saturated carbocycles. The van der Waals surface area contributed by atoms with Gasteiger partial charge in [-0.15, -0.1) is 6.42 Å². The zero-order chi connectivity index (χ0) is 10.9. The largest absolute Gasteiger partial charge is 0.269 e. The fourth-order valence-electron chi connectivity index (χ4n) is 2.27. The van der Waals surface area contributed by atoms with Gasteiger partial charge in [-0.2, -0.15) is 11.1 Å². The molecule has 0 heterocycles. The van der Waals surface area contributed by atoms with Gasteiger partial charge in [0, 0.05) is 35.6 Å². The molecule has 1 radical (unpaired) electrons. The Balaban J connectivity index is 0.00000196. The van der Waals surface area contributed by atoms with Crippen molar-refractivity contribution in [2.75, 3.05) is 0 Å². The average molecular weight is 330 g/mol. The van der Waals surface area contributed by atoms with Crippen LogP contribution in [0.2, 0.25) is 0 Å². The summed E-state index contributed by atoms with van der Waals surface area (Å²) in [5, 5.41) is 0. The van der Waals surface area contributed by atoms with E-state index in [9.17, 15) is 0 Å². The molecule has 0 fully saturated rings. The van der Waals surface area contributed by atoms with Crippen molar-refractivity contribution in [3.05, 3.63) is 22.8 Å². The normalized spacial score (nSPS) is 16.5. The number of hydrogen-bond acceptors (Lipinski definition) is 0. The molecule has 0 atom stereocenters. The Kier molecular flexibility index (Phi) is 6.71. The van der Waals surface area contributed by atoms with E-state index in [1.54, 1.807) is 11.1 Å². The second-order valence-electron chi connectivity index (χ2n) is 5.17. The quantitative estimate of drug-likeness (QED) is 0.674. The van der Waals surface area contributed by atoms with Gasteiger partial charge in [0.15, 0.2) is 0 Å². The molecule has 0 amide bonds. The van der Waals surface area contributed by atoms with E-state index in [0.717, 1.165) is 6.42 Å². The summed E-state index contributed by atoms with van der Waals surface area (Å²) in [5.41, 5.74) is 4.68. The molecule has 83 valence electrons. The Labute approximate surface area is 123 Å². The first-order valence-corrected chi connectivity index (χ1v) is 5.79. The van der Waals surface area contributed by atoms with Crippen LogP contribution in [0.4, 0.5) is 0 Å². The van der Waals surface area contributed by atoms with Gasteiger partial charge in [-0.25, -0.2) is 5.57 Å². The van der Waals surface area contributed by atoms with Crippen molar-refractivity contribution in [3.8, 4) is 0 Å². The molecule has 1 heteroatoms. The Bertz CT molecular complexity index is 267. The van der Waals surface area contributed by atoms with E-state index in [-0.39, 0.29) is 35.6 Å². The van der Waals surface area contributed by atoms with Crippen molar-refractivity contribution in [2.45, 2.75) is 48.0 Å². The predicted octanol–water partition coefficient (Wildman–Crippen LogP) is 4.38. The molecule has 1 aliphatic carbocycles. The van der Waals surface area contributed by atoms with Crippen LogP contribution in [0.15, 0.2) is 16.7 Å². The van der Waals surface area contributed by atoms with Crippen molar-refractivity contribution in [3.63, 3.8) is 0 Å². The third kappa shape index (κ3) is 3.58. The molecule has 0 saturated heterocycles. The van der Waals surface area contributed by atoms with E-state index < -0.39 is 0 Å². The minimum absolute atomic E-state index is 0. The van der Waals surface area contributed by atoms with Gasteiger partial charge in [-0.3, -0.25) is 6.08 Å². The summed E-state index contributed by atoms with van der Waals surface area (Å²) >= 11 is 0. The van der Waals surface area contributed by atoms with Crippen LogP contribution >= 0.6 is 0 Å². The maximum atomic E-state index is 3.56. The molecule has 0 nitrogen and oxygen atoms in total. The van der Waals surface area contributed by atoms with Crippen LogP contribution < -0.4 is 0 Å². The zero-order valence-electron chi connectivity index (χ0n) is 11.0. The van der Waals surface area contributed by atoms with Gasteiger partial charge < -0.3 is 0 Å². The molecule has 0 bridgehead atoms. The van der Waals surface area contributed by atoms with Crippen LogP contribution in [0, 0.1) is 59.4 Å². The molecule has 0 spiro atoms. The van der Waals surface area contributed by atoms with Crippen molar-refractivity contribution in [2.24, 2.45) is 17.8 Å². The Morgan fingerprint density at radius 1 is 0.867 bits per heavy atom. The number of hydrogen-bond donors (Lipinski definition) is 0. The van der Waals surface area contributed by atoms with Gasteiger partial charge in [0.05, 0.1) is 0 Å². The SMILES string of the molecule is CC(C)C1=[C-]CC(C(C)C)=C1C(C)C.[La]. The first kappa shape index (κ1) is 15.7. The number of allylic oxidation sites excluding steroid dienone is 4. The molecule has 1 aliphatic rings. The van der Waals surface area contributed by atoms with E-state index in [4.69, 9.17) is 0 Å². The molecule has 0 N–H and O–H groups in total.